The number of aryl methyl sites for hydroxylation is 2. The van der Waals surface area contributed by atoms with Crippen LogP contribution in [0, 0.1) is 19.8 Å². The highest BCUT2D eigenvalue weighted by atomic mass is 16.2. The fraction of sp³-hybridized carbons (Fsp3) is 0.600. The fourth-order valence-corrected chi connectivity index (χ4v) is 3.17. The molecule has 1 fully saturated rings. The predicted octanol–water partition coefficient (Wildman–Crippen LogP) is 3.52. The Kier molecular flexibility index (Phi) is 6.41. The second kappa shape index (κ2) is 8.32. The van der Waals surface area contributed by atoms with Gasteiger partial charge >= 0.3 is 0 Å². The Hall–Kier alpha value is -1.84. The zero-order valence-corrected chi connectivity index (χ0v) is 15.4. The second-order valence-electron chi connectivity index (χ2n) is 7.30. The molecule has 1 N–H and O–H groups in total. The molecule has 0 saturated carbocycles. The Morgan fingerprint density at radius 2 is 2.00 bits per heavy atom. The third-order valence-electron chi connectivity index (χ3n) is 4.87. The van der Waals surface area contributed by atoms with Gasteiger partial charge in [0, 0.05) is 13.0 Å². The van der Waals surface area contributed by atoms with Crippen molar-refractivity contribution in [1.82, 2.24) is 10.2 Å². The van der Waals surface area contributed by atoms with Crippen LogP contribution in [0.25, 0.3) is 0 Å². The number of hydrogen-bond acceptors (Lipinski definition) is 2. The van der Waals surface area contributed by atoms with Crippen molar-refractivity contribution in [3.63, 3.8) is 0 Å². The van der Waals surface area contributed by atoms with Crippen LogP contribution in [0.15, 0.2) is 18.2 Å². The van der Waals surface area contributed by atoms with Gasteiger partial charge in [0.25, 0.3) is 0 Å². The zero-order valence-electron chi connectivity index (χ0n) is 15.4. The van der Waals surface area contributed by atoms with E-state index in [1.807, 2.05) is 4.90 Å². The van der Waals surface area contributed by atoms with Gasteiger partial charge in [0.2, 0.25) is 11.8 Å². The number of nitrogens with zero attached hydrogens (tertiary/aromatic N) is 1. The summed E-state index contributed by atoms with van der Waals surface area (Å²) < 4.78 is 0. The molecule has 1 aliphatic rings. The summed E-state index contributed by atoms with van der Waals surface area (Å²) in [5.74, 6) is 0.492. The molecule has 0 aromatic heterocycles. The summed E-state index contributed by atoms with van der Waals surface area (Å²) in [5.41, 5.74) is 3.73. The monoisotopic (exact) mass is 330 g/mol. The average Bonchev–Trinajstić information content (AvgIpc) is 3.02. The smallest absolute Gasteiger partial charge is 0.242 e. The van der Waals surface area contributed by atoms with Gasteiger partial charge in [-0.2, -0.15) is 0 Å². The molecule has 1 aliphatic heterocycles. The normalized spacial score (nSPS) is 17.4. The van der Waals surface area contributed by atoms with Crippen molar-refractivity contribution in [2.45, 2.75) is 59.4 Å². The van der Waals surface area contributed by atoms with E-state index < -0.39 is 0 Å². The van der Waals surface area contributed by atoms with Gasteiger partial charge in [-0.15, -0.1) is 0 Å². The first kappa shape index (κ1) is 18.5. The molecular formula is C20H30N2O2. The van der Waals surface area contributed by atoms with E-state index in [1.165, 1.54) is 16.7 Å². The van der Waals surface area contributed by atoms with E-state index in [4.69, 9.17) is 0 Å². The molecule has 1 heterocycles. The van der Waals surface area contributed by atoms with E-state index in [2.05, 4.69) is 51.2 Å². The minimum Gasteiger partial charge on any atom is -0.347 e. The number of rotatable bonds is 6. The van der Waals surface area contributed by atoms with E-state index in [9.17, 15) is 9.59 Å². The Balaban J connectivity index is 1.93. The lowest BCUT2D eigenvalue weighted by atomic mass is 9.99. The minimum absolute atomic E-state index is 0.0219. The highest BCUT2D eigenvalue weighted by molar-refractivity contribution is 5.85. The molecule has 24 heavy (non-hydrogen) atoms. The molecule has 2 rings (SSSR count). The first-order valence-corrected chi connectivity index (χ1v) is 9.01. The molecule has 0 aliphatic carbocycles. The number of amides is 2. The maximum Gasteiger partial charge on any atom is 0.242 e. The van der Waals surface area contributed by atoms with Crippen LogP contribution in [-0.4, -0.2) is 29.8 Å². The SMILES string of the molecule is Cc1ccc([C@H]2CCCN2C(=O)CNC(=O)CCC(C)C)cc1C. The zero-order chi connectivity index (χ0) is 17.7. The Bertz CT molecular complexity index is 595. The van der Waals surface area contributed by atoms with E-state index in [-0.39, 0.29) is 24.4 Å². The van der Waals surface area contributed by atoms with Crippen LogP contribution in [0.3, 0.4) is 0 Å². The quantitative estimate of drug-likeness (QED) is 0.867. The van der Waals surface area contributed by atoms with Crippen molar-refractivity contribution >= 4 is 11.8 Å². The van der Waals surface area contributed by atoms with E-state index in [0.29, 0.717) is 12.3 Å². The van der Waals surface area contributed by atoms with E-state index >= 15 is 0 Å². The van der Waals surface area contributed by atoms with Crippen molar-refractivity contribution < 1.29 is 9.59 Å². The summed E-state index contributed by atoms with van der Waals surface area (Å²) in [6.07, 6.45) is 3.36. The minimum atomic E-state index is -0.0287. The maximum atomic E-state index is 12.5. The van der Waals surface area contributed by atoms with Gasteiger partial charge in [-0.05, 0) is 55.7 Å². The topological polar surface area (TPSA) is 49.4 Å². The highest BCUT2D eigenvalue weighted by Crippen LogP contribution is 2.32. The van der Waals surface area contributed by atoms with Gasteiger partial charge in [0.05, 0.1) is 12.6 Å². The van der Waals surface area contributed by atoms with Crippen molar-refractivity contribution in [3.8, 4) is 0 Å². The lowest BCUT2D eigenvalue weighted by Crippen LogP contribution is -2.39. The standard InChI is InChI=1S/C20H30N2O2/c1-14(2)7-10-19(23)21-13-20(24)22-11-5-6-18(22)17-9-8-15(3)16(4)12-17/h8-9,12,14,18H,5-7,10-11,13H2,1-4H3,(H,21,23)/t18-/m1/s1. The Morgan fingerprint density at radius 1 is 1.25 bits per heavy atom. The molecule has 1 aromatic rings. The fourth-order valence-electron chi connectivity index (χ4n) is 3.17. The average molecular weight is 330 g/mol. The number of nitrogens with one attached hydrogen (secondary N) is 1. The number of carbonyl (C=O) groups excluding carboxylic acids is 2. The van der Waals surface area contributed by atoms with Gasteiger partial charge in [-0.25, -0.2) is 0 Å². The number of carbonyl (C=O) groups is 2. The largest absolute Gasteiger partial charge is 0.347 e. The van der Waals surface area contributed by atoms with Gasteiger partial charge in [-0.3, -0.25) is 9.59 Å². The van der Waals surface area contributed by atoms with Crippen LogP contribution in [0.5, 0.6) is 0 Å². The molecule has 1 saturated heterocycles. The molecule has 4 heteroatoms. The second-order valence-corrected chi connectivity index (χ2v) is 7.30. The van der Waals surface area contributed by atoms with Crippen LogP contribution in [-0.2, 0) is 9.59 Å². The summed E-state index contributed by atoms with van der Waals surface area (Å²) in [6.45, 7) is 9.28. The van der Waals surface area contributed by atoms with Crippen LogP contribution in [0.2, 0.25) is 0 Å². The van der Waals surface area contributed by atoms with Gasteiger partial charge in [0.15, 0.2) is 0 Å². The summed E-state index contributed by atoms with van der Waals surface area (Å²) in [6, 6.07) is 6.58. The van der Waals surface area contributed by atoms with Crippen LogP contribution in [0.1, 0.15) is 62.3 Å². The molecule has 2 amide bonds. The number of likely N-dealkylation sites (tertiary alicyclic amines) is 1. The van der Waals surface area contributed by atoms with E-state index in [1.54, 1.807) is 0 Å². The molecule has 0 radical (unpaired) electrons. The maximum absolute atomic E-state index is 12.5. The molecule has 0 unspecified atom stereocenters. The van der Waals surface area contributed by atoms with Crippen molar-refractivity contribution in [3.05, 3.63) is 34.9 Å². The summed E-state index contributed by atoms with van der Waals surface area (Å²) in [5, 5.41) is 2.78. The molecular weight excluding hydrogens is 300 g/mol. The third kappa shape index (κ3) is 4.83. The van der Waals surface area contributed by atoms with Gasteiger partial charge in [0.1, 0.15) is 0 Å². The van der Waals surface area contributed by atoms with Crippen molar-refractivity contribution in [2.24, 2.45) is 5.92 Å². The Morgan fingerprint density at radius 3 is 2.67 bits per heavy atom. The summed E-state index contributed by atoms with van der Waals surface area (Å²) in [4.78, 5) is 26.3. The van der Waals surface area contributed by atoms with E-state index in [0.717, 1.165) is 25.8 Å². The molecule has 0 spiro atoms. The van der Waals surface area contributed by atoms with Crippen LogP contribution < -0.4 is 5.32 Å². The molecule has 132 valence electrons. The molecule has 1 atom stereocenters. The van der Waals surface area contributed by atoms with Gasteiger partial charge in [-0.1, -0.05) is 32.0 Å². The molecule has 1 aromatic carbocycles. The summed E-state index contributed by atoms with van der Waals surface area (Å²) >= 11 is 0. The molecule has 4 nitrogen and oxygen atoms in total. The first-order valence-electron chi connectivity index (χ1n) is 9.01. The molecule has 0 bridgehead atoms. The Labute approximate surface area is 145 Å². The highest BCUT2D eigenvalue weighted by Gasteiger charge is 2.29. The summed E-state index contributed by atoms with van der Waals surface area (Å²) in [7, 11) is 0. The van der Waals surface area contributed by atoms with Crippen LogP contribution in [0.4, 0.5) is 0 Å². The third-order valence-corrected chi connectivity index (χ3v) is 4.87. The van der Waals surface area contributed by atoms with Crippen molar-refractivity contribution in [1.29, 1.82) is 0 Å². The predicted molar refractivity (Wildman–Crippen MR) is 96.7 cm³/mol. The lowest BCUT2D eigenvalue weighted by Gasteiger charge is -2.26. The first-order chi connectivity index (χ1) is 11.4. The number of hydrogen-bond donors (Lipinski definition) is 1. The van der Waals surface area contributed by atoms with Crippen molar-refractivity contribution in [2.75, 3.05) is 13.1 Å². The van der Waals surface area contributed by atoms with Crippen LogP contribution >= 0.6 is 0 Å². The van der Waals surface area contributed by atoms with Gasteiger partial charge < -0.3 is 10.2 Å². The number of benzene rings is 1. The lowest BCUT2D eigenvalue weighted by molar-refractivity contribution is -0.133.